The second-order valence-corrected chi connectivity index (χ2v) is 7.69. The minimum Gasteiger partial charge on any atom is -0.376 e. The van der Waals surface area contributed by atoms with E-state index in [0.717, 1.165) is 64.7 Å². The zero-order valence-corrected chi connectivity index (χ0v) is 17.1. The summed E-state index contributed by atoms with van der Waals surface area (Å²) in [5, 5.41) is 3.45. The monoisotopic (exact) mass is 387 g/mol. The Morgan fingerprint density at radius 3 is 2.61 bits per heavy atom. The van der Waals surface area contributed by atoms with Crippen molar-refractivity contribution >= 4 is 11.9 Å². The number of benzene rings is 1. The van der Waals surface area contributed by atoms with Gasteiger partial charge in [-0.05, 0) is 18.4 Å². The smallest absolute Gasteiger partial charge is 0.243 e. The summed E-state index contributed by atoms with van der Waals surface area (Å²) >= 11 is 0. The number of hydrogen-bond donors (Lipinski definition) is 1. The number of rotatable bonds is 6. The van der Waals surface area contributed by atoms with E-state index < -0.39 is 0 Å². The highest BCUT2D eigenvalue weighted by atomic mass is 16.5. The summed E-state index contributed by atoms with van der Waals surface area (Å²) in [6, 6.07) is 10.6. The largest absolute Gasteiger partial charge is 0.376 e. The molecule has 154 valence electrons. The molecule has 0 aliphatic carbocycles. The molecule has 1 atom stereocenters. The normalized spacial score (nSPS) is 21.0. The van der Waals surface area contributed by atoms with Gasteiger partial charge in [-0.3, -0.25) is 9.69 Å². The van der Waals surface area contributed by atoms with Gasteiger partial charge in [-0.15, -0.1) is 0 Å². The minimum atomic E-state index is 0.0131. The lowest BCUT2D eigenvalue weighted by Gasteiger charge is -2.37. The highest BCUT2D eigenvalue weighted by Crippen LogP contribution is 2.12. The first-order valence-corrected chi connectivity index (χ1v) is 10.2. The van der Waals surface area contributed by atoms with Crippen molar-refractivity contribution in [3.05, 3.63) is 35.9 Å². The number of nitrogens with one attached hydrogen (secondary N) is 1. The molecule has 1 N–H and O–H groups in total. The molecular weight excluding hydrogens is 354 g/mol. The molecule has 0 spiro atoms. The van der Waals surface area contributed by atoms with E-state index in [1.54, 1.807) is 19.0 Å². The molecule has 1 aromatic carbocycles. The Hall–Kier alpha value is -2.12. The average molecular weight is 388 g/mol. The Kier molecular flexibility index (Phi) is 7.68. The first-order valence-electron chi connectivity index (χ1n) is 10.2. The molecule has 2 fully saturated rings. The van der Waals surface area contributed by atoms with Gasteiger partial charge in [-0.1, -0.05) is 30.3 Å². The predicted molar refractivity (Wildman–Crippen MR) is 111 cm³/mol. The number of aliphatic imine (C=N–C) groups is 1. The van der Waals surface area contributed by atoms with Crippen molar-refractivity contribution in [2.75, 3.05) is 60.0 Å². The molecule has 0 bridgehead atoms. The van der Waals surface area contributed by atoms with Crippen LogP contribution in [0.2, 0.25) is 0 Å². The molecule has 1 unspecified atom stereocenters. The molecule has 2 aliphatic heterocycles. The van der Waals surface area contributed by atoms with Crippen molar-refractivity contribution in [2.45, 2.75) is 25.5 Å². The van der Waals surface area contributed by atoms with E-state index in [1.165, 1.54) is 5.56 Å². The van der Waals surface area contributed by atoms with Crippen LogP contribution < -0.4 is 5.32 Å². The van der Waals surface area contributed by atoms with Crippen LogP contribution in [-0.2, 0) is 16.1 Å². The SMILES string of the molecule is CN(C)C(=O)CN=C(NCC1CCCO1)N1CCN(Cc2ccccc2)CC1. The second-order valence-electron chi connectivity index (χ2n) is 7.69. The van der Waals surface area contributed by atoms with Gasteiger partial charge in [0.25, 0.3) is 0 Å². The molecular formula is C21H33N5O2. The van der Waals surface area contributed by atoms with E-state index in [9.17, 15) is 4.79 Å². The van der Waals surface area contributed by atoms with Crippen molar-refractivity contribution in [2.24, 2.45) is 4.99 Å². The molecule has 2 heterocycles. The van der Waals surface area contributed by atoms with Gasteiger partial charge in [0.1, 0.15) is 6.54 Å². The molecule has 2 aliphatic rings. The van der Waals surface area contributed by atoms with Gasteiger partial charge in [0.2, 0.25) is 5.91 Å². The summed E-state index contributed by atoms with van der Waals surface area (Å²) in [6.07, 6.45) is 2.45. The number of piperazine rings is 1. The summed E-state index contributed by atoms with van der Waals surface area (Å²) in [4.78, 5) is 22.9. The molecule has 0 radical (unpaired) electrons. The number of likely N-dealkylation sites (N-methyl/N-ethyl adjacent to an activating group) is 1. The molecule has 28 heavy (non-hydrogen) atoms. The van der Waals surface area contributed by atoms with Crippen LogP contribution in [0.3, 0.4) is 0 Å². The summed E-state index contributed by atoms with van der Waals surface area (Å²) in [5.74, 6) is 0.837. The molecule has 2 saturated heterocycles. The van der Waals surface area contributed by atoms with Gasteiger partial charge in [0.05, 0.1) is 6.10 Å². The fourth-order valence-electron chi connectivity index (χ4n) is 3.52. The molecule has 0 aromatic heterocycles. The third-order valence-corrected chi connectivity index (χ3v) is 5.30. The van der Waals surface area contributed by atoms with Crippen LogP contribution in [0.15, 0.2) is 35.3 Å². The first kappa shape index (κ1) is 20.6. The topological polar surface area (TPSA) is 60.4 Å². The van der Waals surface area contributed by atoms with Gasteiger partial charge in [0.15, 0.2) is 5.96 Å². The Morgan fingerprint density at radius 1 is 1.21 bits per heavy atom. The zero-order valence-electron chi connectivity index (χ0n) is 17.1. The molecule has 3 rings (SSSR count). The van der Waals surface area contributed by atoms with E-state index in [0.29, 0.717) is 0 Å². The number of hydrogen-bond acceptors (Lipinski definition) is 4. The fourth-order valence-corrected chi connectivity index (χ4v) is 3.52. The Balaban J connectivity index is 1.54. The molecule has 7 heteroatoms. The van der Waals surface area contributed by atoms with Crippen LogP contribution in [0.5, 0.6) is 0 Å². The van der Waals surface area contributed by atoms with Gasteiger partial charge < -0.3 is 19.9 Å². The number of carbonyl (C=O) groups is 1. The minimum absolute atomic E-state index is 0.0131. The average Bonchev–Trinajstić information content (AvgIpc) is 3.23. The number of amides is 1. The van der Waals surface area contributed by atoms with E-state index in [1.807, 2.05) is 0 Å². The lowest BCUT2D eigenvalue weighted by Crippen LogP contribution is -2.53. The van der Waals surface area contributed by atoms with Crippen molar-refractivity contribution in [3.8, 4) is 0 Å². The summed E-state index contributed by atoms with van der Waals surface area (Å²) in [5.41, 5.74) is 1.35. The van der Waals surface area contributed by atoms with Crippen molar-refractivity contribution in [1.82, 2.24) is 20.0 Å². The van der Waals surface area contributed by atoms with E-state index in [2.05, 4.69) is 50.4 Å². The zero-order chi connectivity index (χ0) is 19.8. The highest BCUT2D eigenvalue weighted by Gasteiger charge is 2.22. The van der Waals surface area contributed by atoms with Crippen molar-refractivity contribution < 1.29 is 9.53 Å². The molecule has 0 saturated carbocycles. The maximum atomic E-state index is 12.0. The van der Waals surface area contributed by atoms with E-state index in [-0.39, 0.29) is 18.6 Å². The lowest BCUT2D eigenvalue weighted by molar-refractivity contribution is -0.127. The summed E-state index contributed by atoms with van der Waals surface area (Å²) in [7, 11) is 3.53. The Bertz CT molecular complexity index is 635. The maximum Gasteiger partial charge on any atom is 0.243 e. The molecule has 1 aromatic rings. The van der Waals surface area contributed by atoms with Gasteiger partial charge in [-0.25, -0.2) is 4.99 Å². The lowest BCUT2D eigenvalue weighted by atomic mass is 10.2. The molecule has 1 amide bonds. The fraction of sp³-hybridized carbons (Fsp3) is 0.619. The van der Waals surface area contributed by atoms with Crippen LogP contribution in [0.25, 0.3) is 0 Å². The van der Waals surface area contributed by atoms with Crippen LogP contribution in [0.4, 0.5) is 0 Å². The maximum absolute atomic E-state index is 12.0. The van der Waals surface area contributed by atoms with Crippen LogP contribution >= 0.6 is 0 Å². The quantitative estimate of drug-likeness (QED) is 0.583. The number of carbonyl (C=O) groups excluding carboxylic acids is 1. The second kappa shape index (κ2) is 10.4. The van der Waals surface area contributed by atoms with Gasteiger partial charge in [0, 0.05) is 60.0 Å². The first-order chi connectivity index (χ1) is 13.6. The van der Waals surface area contributed by atoms with Crippen LogP contribution in [0, 0.1) is 0 Å². The third kappa shape index (κ3) is 6.21. The Morgan fingerprint density at radius 2 is 1.96 bits per heavy atom. The highest BCUT2D eigenvalue weighted by molar-refractivity contribution is 5.85. The number of ether oxygens (including phenoxy) is 1. The molecule has 7 nitrogen and oxygen atoms in total. The summed E-state index contributed by atoms with van der Waals surface area (Å²) in [6.45, 7) is 6.51. The van der Waals surface area contributed by atoms with Crippen LogP contribution in [0.1, 0.15) is 18.4 Å². The van der Waals surface area contributed by atoms with E-state index in [4.69, 9.17) is 4.74 Å². The standard InChI is InChI=1S/C21H33N5O2/c1-24(2)20(27)16-23-21(22-15-19-9-6-14-28-19)26-12-10-25(11-13-26)17-18-7-4-3-5-8-18/h3-5,7-8,19H,6,9-17H2,1-2H3,(H,22,23). The number of guanidine groups is 1. The van der Waals surface area contributed by atoms with Crippen molar-refractivity contribution in [3.63, 3.8) is 0 Å². The Labute approximate surface area is 168 Å². The van der Waals surface area contributed by atoms with E-state index >= 15 is 0 Å². The van der Waals surface area contributed by atoms with Gasteiger partial charge in [-0.2, -0.15) is 0 Å². The predicted octanol–water partition coefficient (Wildman–Crippen LogP) is 1.02. The van der Waals surface area contributed by atoms with Crippen molar-refractivity contribution in [1.29, 1.82) is 0 Å². The van der Waals surface area contributed by atoms with Gasteiger partial charge >= 0.3 is 0 Å². The third-order valence-electron chi connectivity index (χ3n) is 5.30. The summed E-state index contributed by atoms with van der Waals surface area (Å²) < 4.78 is 5.72. The number of nitrogens with zero attached hydrogens (tertiary/aromatic N) is 4. The van der Waals surface area contributed by atoms with Crippen LogP contribution in [-0.4, -0.2) is 92.6 Å².